The summed E-state index contributed by atoms with van der Waals surface area (Å²) in [5, 5.41) is 10.8. The molecule has 18 heavy (non-hydrogen) atoms. The van der Waals surface area contributed by atoms with E-state index in [1.807, 2.05) is 0 Å². The topological polar surface area (TPSA) is 78.7 Å². The zero-order chi connectivity index (χ0) is 13.7. The zero-order valence-electron chi connectivity index (χ0n) is 10.5. The van der Waals surface area contributed by atoms with E-state index in [-0.39, 0.29) is 17.4 Å². The average molecular weight is 253 g/mol. The maximum absolute atomic E-state index is 11.5. The van der Waals surface area contributed by atoms with E-state index in [9.17, 15) is 14.9 Å². The highest BCUT2D eigenvalue weighted by molar-refractivity contribution is 5.75. The lowest BCUT2D eigenvalue weighted by molar-refractivity contribution is -0.386. The molecule has 98 valence electrons. The summed E-state index contributed by atoms with van der Waals surface area (Å²) in [4.78, 5) is 21.8. The Bertz CT molecular complexity index is 444. The van der Waals surface area contributed by atoms with Crippen LogP contribution in [0.5, 0.6) is 5.75 Å². The molecule has 0 saturated heterocycles. The van der Waals surface area contributed by atoms with Gasteiger partial charge < -0.3 is 9.47 Å². The van der Waals surface area contributed by atoms with Crippen LogP contribution in [0.1, 0.15) is 13.8 Å². The van der Waals surface area contributed by atoms with Gasteiger partial charge in [-0.2, -0.15) is 0 Å². The number of nitro benzene ring substituents is 1. The predicted molar refractivity (Wildman–Crippen MR) is 64.4 cm³/mol. The van der Waals surface area contributed by atoms with Gasteiger partial charge in [0.1, 0.15) is 0 Å². The van der Waals surface area contributed by atoms with Crippen molar-refractivity contribution in [3.8, 4) is 5.75 Å². The van der Waals surface area contributed by atoms with Gasteiger partial charge in [-0.3, -0.25) is 10.1 Å². The second kappa shape index (κ2) is 6.00. The van der Waals surface area contributed by atoms with Crippen molar-refractivity contribution in [3.05, 3.63) is 34.4 Å². The quantitative estimate of drug-likeness (QED) is 0.456. The van der Waals surface area contributed by atoms with Gasteiger partial charge in [-0.05, 0) is 6.07 Å². The standard InChI is InChI=1S/C12H15NO5/c1-8(2)11(12(14)17-3)18-10-7-5-4-6-9(10)13(15)16/h4-8,11H,1-3H3. The summed E-state index contributed by atoms with van der Waals surface area (Å²) in [6.45, 7) is 3.55. The number of benzene rings is 1. The molecule has 0 heterocycles. The number of nitrogens with zero attached hydrogens (tertiary/aromatic N) is 1. The van der Waals surface area contributed by atoms with Crippen molar-refractivity contribution in [1.29, 1.82) is 0 Å². The van der Waals surface area contributed by atoms with Crippen molar-refractivity contribution >= 4 is 11.7 Å². The van der Waals surface area contributed by atoms with Crippen LogP contribution in [-0.2, 0) is 9.53 Å². The summed E-state index contributed by atoms with van der Waals surface area (Å²) >= 11 is 0. The number of carbonyl (C=O) groups is 1. The van der Waals surface area contributed by atoms with Crippen LogP contribution in [0.25, 0.3) is 0 Å². The molecule has 0 bridgehead atoms. The Morgan fingerprint density at radius 2 is 1.94 bits per heavy atom. The van der Waals surface area contributed by atoms with Crippen LogP contribution < -0.4 is 4.74 Å². The van der Waals surface area contributed by atoms with E-state index in [1.165, 1.54) is 25.3 Å². The van der Waals surface area contributed by atoms with E-state index in [0.717, 1.165) is 0 Å². The van der Waals surface area contributed by atoms with Gasteiger partial charge in [-0.25, -0.2) is 4.79 Å². The maximum Gasteiger partial charge on any atom is 0.347 e. The number of carbonyl (C=O) groups excluding carboxylic acids is 1. The maximum atomic E-state index is 11.5. The number of methoxy groups -OCH3 is 1. The Kier molecular flexibility index (Phi) is 4.65. The van der Waals surface area contributed by atoms with Crippen LogP contribution in [0.3, 0.4) is 0 Å². The van der Waals surface area contributed by atoms with Gasteiger partial charge in [-0.15, -0.1) is 0 Å². The number of hydrogen-bond acceptors (Lipinski definition) is 5. The van der Waals surface area contributed by atoms with E-state index in [4.69, 9.17) is 4.74 Å². The molecule has 0 amide bonds. The van der Waals surface area contributed by atoms with Crippen molar-refractivity contribution in [2.45, 2.75) is 20.0 Å². The van der Waals surface area contributed by atoms with Gasteiger partial charge in [0, 0.05) is 12.0 Å². The van der Waals surface area contributed by atoms with Crippen LogP contribution in [0.4, 0.5) is 5.69 Å². The highest BCUT2D eigenvalue weighted by Gasteiger charge is 2.27. The number of nitro groups is 1. The van der Waals surface area contributed by atoms with Gasteiger partial charge in [-0.1, -0.05) is 26.0 Å². The zero-order valence-corrected chi connectivity index (χ0v) is 10.5. The molecule has 1 rings (SSSR count). The summed E-state index contributed by atoms with van der Waals surface area (Å²) in [6.07, 6.45) is -0.865. The van der Waals surface area contributed by atoms with Crippen molar-refractivity contribution in [2.24, 2.45) is 5.92 Å². The molecule has 1 aromatic carbocycles. The largest absolute Gasteiger partial charge is 0.471 e. The van der Waals surface area contributed by atoms with Crippen molar-refractivity contribution < 1.29 is 19.2 Å². The van der Waals surface area contributed by atoms with Gasteiger partial charge >= 0.3 is 11.7 Å². The molecule has 6 heteroatoms. The number of para-hydroxylation sites is 2. The first-order chi connectivity index (χ1) is 8.47. The minimum absolute atomic E-state index is 0.0617. The molecule has 0 fully saturated rings. The Hall–Kier alpha value is -2.11. The molecule has 0 aromatic heterocycles. The highest BCUT2D eigenvalue weighted by Crippen LogP contribution is 2.28. The van der Waals surface area contributed by atoms with Crippen LogP contribution in [0.15, 0.2) is 24.3 Å². The Labute approximate surface area is 105 Å². The van der Waals surface area contributed by atoms with Gasteiger partial charge in [0.05, 0.1) is 12.0 Å². The SMILES string of the molecule is COC(=O)C(Oc1ccccc1[N+](=O)[O-])C(C)C. The minimum Gasteiger partial charge on any atom is -0.471 e. The first kappa shape index (κ1) is 14.0. The number of rotatable bonds is 5. The van der Waals surface area contributed by atoms with Gasteiger partial charge in [0.25, 0.3) is 0 Å². The highest BCUT2D eigenvalue weighted by atomic mass is 16.6. The van der Waals surface area contributed by atoms with E-state index in [1.54, 1.807) is 19.9 Å². The third-order valence-electron chi connectivity index (χ3n) is 2.35. The second-order valence-corrected chi connectivity index (χ2v) is 4.03. The van der Waals surface area contributed by atoms with Crippen molar-refractivity contribution in [1.82, 2.24) is 0 Å². The molecule has 1 atom stereocenters. The summed E-state index contributed by atoms with van der Waals surface area (Å²) in [5.74, 6) is -0.646. The normalized spacial score (nSPS) is 12.0. The summed E-state index contributed by atoms with van der Waals surface area (Å²) < 4.78 is 10.0. The first-order valence-electron chi connectivity index (χ1n) is 5.45. The Morgan fingerprint density at radius 3 is 2.44 bits per heavy atom. The third-order valence-corrected chi connectivity index (χ3v) is 2.35. The smallest absolute Gasteiger partial charge is 0.347 e. The molecule has 1 unspecified atom stereocenters. The lowest BCUT2D eigenvalue weighted by Gasteiger charge is -2.19. The molecule has 0 aliphatic rings. The van der Waals surface area contributed by atoms with Crippen LogP contribution in [0.2, 0.25) is 0 Å². The fraction of sp³-hybridized carbons (Fsp3) is 0.417. The monoisotopic (exact) mass is 253 g/mol. The fourth-order valence-corrected chi connectivity index (χ4v) is 1.42. The molecule has 0 radical (unpaired) electrons. The average Bonchev–Trinajstić information content (AvgIpc) is 2.34. The second-order valence-electron chi connectivity index (χ2n) is 4.03. The molecule has 0 spiro atoms. The predicted octanol–water partition coefficient (Wildman–Crippen LogP) is 2.17. The van der Waals surface area contributed by atoms with Gasteiger partial charge in [0.15, 0.2) is 11.9 Å². The lowest BCUT2D eigenvalue weighted by atomic mass is 10.1. The number of hydrogen-bond donors (Lipinski definition) is 0. The van der Waals surface area contributed by atoms with Crippen LogP contribution in [-0.4, -0.2) is 24.1 Å². The third kappa shape index (κ3) is 3.19. The van der Waals surface area contributed by atoms with E-state index in [2.05, 4.69) is 4.74 Å². The Balaban J connectivity index is 3.01. The number of esters is 1. The minimum atomic E-state index is -0.865. The molecular formula is C12H15NO5. The number of ether oxygens (including phenoxy) is 2. The van der Waals surface area contributed by atoms with E-state index >= 15 is 0 Å². The van der Waals surface area contributed by atoms with E-state index < -0.39 is 17.0 Å². The molecule has 0 aliphatic carbocycles. The molecule has 0 N–H and O–H groups in total. The van der Waals surface area contributed by atoms with Crippen LogP contribution in [0, 0.1) is 16.0 Å². The van der Waals surface area contributed by atoms with Crippen molar-refractivity contribution in [2.75, 3.05) is 7.11 Å². The molecular weight excluding hydrogens is 238 g/mol. The van der Waals surface area contributed by atoms with Crippen molar-refractivity contribution in [3.63, 3.8) is 0 Å². The first-order valence-corrected chi connectivity index (χ1v) is 5.45. The van der Waals surface area contributed by atoms with Gasteiger partial charge in [0.2, 0.25) is 0 Å². The lowest BCUT2D eigenvalue weighted by Crippen LogP contribution is -2.33. The van der Waals surface area contributed by atoms with E-state index in [0.29, 0.717) is 0 Å². The molecule has 0 saturated carbocycles. The molecule has 0 aliphatic heterocycles. The molecule has 6 nitrogen and oxygen atoms in total. The summed E-state index contributed by atoms with van der Waals surface area (Å²) in [6, 6.07) is 5.92. The summed E-state index contributed by atoms with van der Waals surface area (Å²) in [7, 11) is 1.25. The Morgan fingerprint density at radius 1 is 1.33 bits per heavy atom. The molecule has 1 aromatic rings. The summed E-state index contributed by atoms with van der Waals surface area (Å²) in [5.41, 5.74) is -0.174. The van der Waals surface area contributed by atoms with Crippen LogP contribution >= 0.6 is 0 Å². The fourth-order valence-electron chi connectivity index (χ4n) is 1.42.